The van der Waals surface area contributed by atoms with E-state index in [9.17, 15) is 0 Å². The Balaban J connectivity index is 1.58. The Labute approximate surface area is 115 Å². The van der Waals surface area contributed by atoms with E-state index in [0.717, 1.165) is 12.5 Å². The molecule has 2 nitrogen and oxygen atoms in total. The fraction of sp³-hybridized carbons (Fsp3) is 0.529. The highest BCUT2D eigenvalue weighted by molar-refractivity contribution is 5.79. The minimum Gasteiger partial charge on any atom is -0.361 e. The maximum Gasteiger partial charge on any atom is 0.0457 e. The summed E-state index contributed by atoms with van der Waals surface area (Å²) in [7, 11) is 0. The normalized spacial score (nSPS) is 18.8. The molecule has 0 unspecified atom stereocenters. The molecule has 1 heterocycles. The Morgan fingerprint density at radius 1 is 1.21 bits per heavy atom. The van der Waals surface area contributed by atoms with Crippen LogP contribution in [0.25, 0.3) is 10.9 Å². The summed E-state index contributed by atoms with van der Waals surface area (Å²) < 4.78 is 0. The molecule has 1 fully saturated rings. The molecule has 2 N–H and O–H groups in total. The highest BCUT2D eigenvalue weighted by atomic mass is 14.9. The van der Waals surface area contributed by atoms with Crippen LogP contribution in [-0.4, -0.2) is 11.0 Å². The molecular formula is C17H24N2. The van der Waals surface area contributed by atoms with Crippen LogP contribution in [0, 0.1) is 5.92 Å². The average Bonchev–Trinajstić information content (AvgIpc) is 2.93. The first-order valence-electron chi connectivity index (χ1n) is 7.62. The van der Waals surface area contributed by atoms with Gasteiger partial charge in [-0.15, -0.1) is 0 Å². The molecule has 19 heavy (non-hydrogen) atoms. The number of aromatic amines is 1. The summed E-state index contributed by atoms with van der Waals surface area (Å²) in [5.74, 6) is 0.878. The van der Waals surface area contributed by atoms with Gasteiger partial charge >= 0.3 is 0 Å². The van der Waals surface area contributed by atoms with Gasteiger partial charge in [-0.2, -0.15) is 0 Å². The van der Waals surface area contributed by atoms with Crippen molar-refractivity contribution in [2.24, 2.45) is 5.92 Å². The molecular weight excluding hydrogens is 232 g/mol. The number of rotatable bonds is 4. The fourth-order valence-electron chi connectivity index (χ4n) is 3.28. The number of aromatic nitrogens is 1. The Morgan fingerprint density at radius 2 is 2.05 bits per heavy atom. The van der Waals surface area contributed by atoms with Gasteiger partial charge < -0.3 is 10.3 Å². The summed E-state index contributed by atoms with van der Waals surface area (Å²) in [6.45, 7) is 3.33. The van der Waals surface area contributed by atoms with Crippen LogP contribution in [0.4, 0.5) is 0 Å². The van der Waals surface area contributed by atoms with E-state index >= 15 is 0 Å². The molecule has 3 rings (SSSR count). The molecule has 1 saturated carbocycles. The lowest BCUT2D eigenvalue weighted by molar-refractivity contribution is 0.280. The van der Waals surface area contributed by atoms with Crippen molar-refractivity contribution in [2.45, 2.75) is 51.6 Å². The van der Waals surface area contributed by atoms with Crippen LogP contribution in [0.2, 0.25) is 0 Å². The van der Waals surface area contributed by atoms with Crippen LogP contribution in [0.15, 0.2) is 30.5 Å². The van der Waals surface area contributed by atoms with E-state index in [0.29, 0.717) is 6.04 Å². The molecule has 0 radical (unpaired) electrons. The van der Waals surface area contributed by atoms with E-state index in [1.165, 1.54) is 48.6 Å². The van der Waals surface area contributed by atoms with E-state index in [4.69, 9.17) is 0 Å². The molecule has 2 aromatic rings. The molecule has 0 aliphatic heterocycles. The summed E-state index contributed by atoms with van der Waals surface area (Å²) in [6.07, 6.45) is 9.10. The minimum atomic E-state index is 0.639. The molecule has 1 aliphatic carbocycles. The van der Waals surface area contributed by atoms with Crippen molar-refractivity contribution >= 4 is 10.9 Å². The van der Waals surface area contributed by atoms with Crippen LogP contribution in [-0.2, 0) is 6.54 Å². The zero-order valence-corrected chi connectivity index (χ0v) is 11.8. The Kier molecular flexibility index (Phi) is 3.88. The number of fused-ring (bicyclic) bond motifs is 1. The number of benzene rings is 1. The molecule has 0 spiro atoms. The molecule has 1 atom stereocenters. The summed E-state index contributed by atoms with van der Waals surface area (Å²) in [5, 5.41) is 5.01. The van der Waals surface area contributed by atoms with Gasteiger partial charge in [0, 0.05) is 24.3 Å². The second kappa shape index (κ2) is 5.79. The van der Waals surface area contributed by atoms with Gasteiger partial charge in [0.2, 0.25) is 0 Å². The third kappa shape index (κ3) is 3.01. The summed E-state index contributed by atoms with van der Waals surface area (Å²) in [5.41, 5.74) is 2.61. The molecule has 0 bridgehead atoms. The van der Waals surface area contributed by atoms with Gasteiger partial charge in [-0.3, -0.25) is 0 Å². The van der Waals surface area contributed by atoms with Crippen LogP contribution in [0.1, 0.15) is 44.6 Å². The largest absolute Gasteiger partial charge is 0.361 e. The number of hydrogen-bond acceptors (Lipinski definition) is 1. The Bertz CT molecular complexity index is 523. The highest BCUT2D eigenvalue weighted by Crippen LogP contribution is 2.26. The van der Waals surface area contributed by atoms with Crippen molar-refractivity contribution in [3.63, 3.8) is 0 Å². The maximum absolute atomic E-state index is 3.71. The van der Waals surface area contributed by atoms with Gasteiger partial charge in [-0.25, -0.2) is 0 Å². The zero-order chi connectivity index (χ0) is 13.1. The first kappa shape index (κ1) is 12.7. The number of hydrogen-bond donors (Lipinski definition) is 2. The van der Waals surface area contributed by atoms with Gasteiger partial charge in [0.25, 0.3) is 0 Å². The summed E-state index contributed by atoms with van der Waals surface area (Å²) >= 11 is 0. The minimum absolute atomic E-state index is 0.639. The monoisotopic (exact) mass is 256 g/mol. The van der Waals surface area contributed by atoms with Gasteiger partial charge in [0.05, 0.1) is 0 Å². The standard InChI is InChI=1S/C17H24N2/c1-13(15-5-3-2-4-6-15)19-12-14-7-8-16-9-10-18-17(16)11-14/h7-11,13,15,18-19H,2-6,12H2,1H3/t13-/m0/s1. The van der Waals surface area contributed by atoms with E-state index in [2.05, 4.69) is 41.5 Å². The third-order valence-corrected chi connectivity index (χ3v) is 4.60. The van der Waals surface area contributed by atoms with Crippen LogP contribution in [0.5, 0.6) is 0 Å². The molecule has 1 aromatic heterocycles. The van der Waals surface area contributed by atoms with Crippen molar-refractivity contribution in [1.82, 2.24) is 10.3 Å². The molecule has 1 aromatic carbocycles. The van der Waals surface area contributed by atoms with Crippen molar-refractivity contribution in [3.8, 4) is 0 Å². The Morgan fingerprint density at radius 3 is 2.89 bits per heavy atom. The smallest absolute Gasteiger partial charge is 0.0457 e. The van der Waals surface area contributed by atoms with E-state index < -0.39 is 0 Å². The lowest BCUT2D eigenvalue weighted by atomic mass is 9.84. The summed E-state index contributed by atoms with van der Waals surface area (Å²) in [4.78, 5) is 3.28. The third-order valence-electron chi connectivity index (χ3n) is 4.60. The first-order chi connectivity index (χ1) is 9.33. The van der Waals surface area contributed by atoms with Crippen LogP contribution in [0.3, 0.4) is 0 Å². The molecule has 0 amide bonds. The van der Waals surface area contributed by atoms with Crippen LogP contribution >= 0.6 is 0 Å². The van der Waals surface area contributed by atoms with Gasteiger partial charge in [-0.1, -0.05) is 31.4 Å². The SMILES string of the molecule is C[C@H](NCc1ccc2cc[nH]c2c1)C1CCCCC1. The molecule has 102 valence electrons. The van der Waals surface area contributed by atoms with Crippen molar-refractivity contribution in [3.05, 3.63) is 36.0 Å². The predicted molar refractivity (Wildman–Crippen MR) is 81.2 cm³/mol. The second-order valence-electron chi connectivity index (χ2n) is 5.97. The summed E-state index contributed by atoms with van der Waals surface area (Å²) in [6, 6.07) is 9.46. The van der Waals surface area contributed by atoms with Crippen LogP contribution < -0.4 is 5.32 Å². The maximum atomic E-state index is 3.71. The zero-order valence-electron chi connectivity index (χ0n) is 11.8. The van der Waals surface area contributed by atoms with E-state index in [-0.39, 0.29) is 0 Å². The first-order valence-corrected chi connectivity index (χ1v) is 7.62. The van der Waals surface area contributed by atoms with Gasteiger partial charge in [0.15, 0.2) is 0 Å². The number of nitrogens with one attached hydrogen (secondary N) is 2. The van der Waals surface area contributed by atoms with Crippen molar-refractivity contribution < 1.29 is 0 Å². The molecule has 2 heteroatoms. The fourth-order valence-corrected chi connectivity index (χ4v) is 3.28. The average molecular weight is 256 g/mol. The van der Waals surface area contributed by atoms with E-state index in [1.54, 1.807) is 0 Å². The lowest BCUT2D eigenvalue weighted by Crippen LogP contribution is -2.34. The second-order valence-corrected chi connectivity index (χ2v) is 5.97. The molecule has 1 aliphatic rings. The van der Waals surface area contributed by atoms with Crippen molar-refractivity contribution in [1.29, 1.82) is 0 Å². The molecule has 0 saturated heterocycles. The topological polar surface area (TPSA) is 27.8 Å². The number of H-pyrrole nitrogens is 1. The highest BCUT2D eigenvalue weighted by Gasteiger charge is 2.19. The predicted octanol–water partition coefficient (Wildman–Crippen LogP) is 4.23. The van der Waals surface area contributed by atoms with Crippen molar-refractivity contribution in [2.75, 3.05) is 0 Å². The lowest BCUT2D eigenvalue weighted by Gasteiger charge is -2.28. The quantitative estimate of drug-likeness (QED) is 0.842. The van der Waals surface area contributed by atoms with Gasteiger partial charge in [-0.05, 0) is 48.8 Å². The Hall–Kier alpha value is -1.28. The van der Waals surface area contributed by atoms with E-state index in [1.807, 2.05) is 6.20 Å². The van der Waals surface area contributed by atoms with Gasteiger partial charge in [0.1, 0.15) is 0 Å².